The fourth-order valence-corrected chi connectivity index (χ4v) is 3.27. The van der Waals surface area contributed by atoms with E-state index in [1.165, 1.54) is 16.6 Å². The normalized spacial score (nSPS) is 17.6. The fourth-order valence-electron chi connectivity index (χ4n) is 2.40. The van der Waals surface area contributed by atoms with E-state index in [0.717, 1.165) is 5.69 Å². The average molecular weight is 312 g/mol. The van der Waals surface area contributed by atoms with Gasteiger partial charge in [0, 0.05) is 24.7 Å². The van der Waals surface area contributed by atoms with Crippen molar-refractivity contribution in [2.45, 2.75) is 18.9 Å². The summed E-state index contributed by atoms with van der Waals surface area (Å²) in [6.45, 7) is 0.992. The monoisotopic (exact) mass is 312 g/mol. The van der Waals surface area contributed by atoms with Crippen molar-refractivity contribution in [3.63, 3.8) is 0 Å². The maximum atomic E-state index is 11.4. The zero-order chi connectivity index (χ0) is 15.6. The highest BCUT2D eigenvalue weighted by atomic mass is 32.2. The summed E-state index contributed by atoms with van der Waals surface area (Å²) in [4.78, 5) is 11.1. The number of anilines is 2. The minimum absolute atomic E-state index is 0.157. The number of amides is 1. The molecule has 0 atom stereocenters. The van der Waals surface area contributed by atoms with Gasteiger partial charge in [0.1, 0.15) is 0 Å². The second kappa shape index (κ2) is 5.90. The number of piperidine rings is 1. The van der Waals surface area contributed by atoms with E-state index >= 15 is 0 Å². The molecule has 0 spiro atoms. The van der Waals surface area contributed by atoms with Gasteiger partial charge in [-0.2, -0.15) is 0 Å². The van der Waals surface area contributed by atoms with E-state index in [2.05, 4.69) is 5.32 Å². The number of nitrogens with zero attached hydrogens (tertiary/aromatic N) is 1. The van der Waals surface area contributed by atoms with Crippen molar-refractivity contribution >= 4 is 27.3 Å². The first kappa shape index (κ1) is 15.6. The van der Waals surface area contributed by atoms with Crippen LogP contribution in [0, 0.1) is 0 Å². The van der Waals surface area contributed by atoms with Crippen LogP contribution in [-0.4, -0.2) is 44.0 Å². The number of sulfonamides is 1. The maximum absolute atomic E-state index is 11.4. The fraction of sp³-hybridized carbons (Fsp3) is 0.462. The molecule has 116 valence electrons. The summed E-state index contributed by atoms with van der Waals surface area (Å²) in [5.41, 5.74) is 12.6. The maximum Gasteiger partial charge on any atom is 0.248 e. The molecular weight excluding hydrogens is 292 g/mol. The molecule has 0 radical (unpaired) electrons. The van der Waals surface area contributed by atoms with Crippen LogP contribution < -0.4 is 16.8 Å². The number of nitrogens with one attached hydrogen (secondary N) is 1. The van der Waals surface area contributed by atoms with Crippen LogP contribution in [0.4, 0.5) is 11.4 Å². The van der Waals surface area contributed by atoms with E-state index < -0.39 is 15.9 Å². The van der Waals surface area contributed by atoms with Gasteiger partial charge >= 0.3 is 0 Å². The Bertz CT molecular complexity index is 637. The third kappa shape index (κ3) is 3.85. The van der Waals surface area contributed by atoms with Crippen molar-refractivity contribution in [3.8, 4) is 0 Å². The predicted octanol–water partition coefficient (Wildman–Crippen LogP) is 0.204. The third-order valence-electron chi connectivity index (χ3n) is 3.62. The Labute approximate surface area is 124 Å². The smallest absolute Gasteiger partial charge is 0.248 e. The molecule has 5 N–H and O–H groups in total. The molecule has 0 unspecified atom stereocenters. The number of carbonyl (C=O) groups is 1. The summed E-state index contributed by atoms with van der Waals surface area (Å²) in [7, 11) is -3.12. The zero-order valence-corrected chi connectivity index (χ0v) is 12.7. The lowest BCUT2D eigenvalue weighted by Crippen LogP contribution is -2.41. The van der Waals surface area contributed by atoms with Crippen molar-refractivity contribution in [2.24, 2.45) is 5.73 Å². The van der Waals surface area contributed by atoms with Gasteiger partial charge in [0.05, 0.1) is 17.6 Å². The van der Waals surface area contributed by atoms with Gasteiger partial charge in [-0.1, -0.05) is 0 Å². The van der Waals surface area contributed by atoms with Crippen LogP contribution in [0.3, 0.4) is 0 Å². The molecule has 1 aliphatic rings. The molecule has 0 bridgehead atoms. The molecule has 0 aliphatic carbocycles. The van der Waals surface area contributed by atoms with Crippen LogP contribution in [0.2, 0.25) is 0 Å². The Hall–Kier alpha value is -1.80. The van der Waals surface area contributed by atoms with Crippen molar-refractivity contribution in [3.05, 3.63) is 23.8 Å². The Morgan fingerprint density at radius 1 is 1.33 bits per heavy atom. The largest absolute Gasteiger partial charge is 0.397 e. The Kier molecular flexibility index (Phi) is 4.38. The van der Waals surface area contributed by atoms with E-state index in [4.69, 9.17) is 11.5 Å². The molecule has 7 nitrogen and oxygen atoms in total. The third-order valence-corrected chi connectivity index (χ3v) is 4.92. The van der Waals surface area contributed by atoms with Crippen molar-refractivity contribution < 1.29 is 13.2 Å². The molecule has 1 amide bonds. The average Bonchev–Trinajstić information content (AvgIpc) is 2.40. The standard InChI is InChI=1S/C13H20N4O3S/c1-21(19,20)17-6-4-10(5-7-17)16-12-3-2-9(13(15)18)8-11(12)14/h2-3,8,10,16H,4-7,14H2,1H3,(H2,15,18). The Balaban J connectivity index is 1.99. The van der Waals surface area contributed by atoms with Gasteiger partial charge in [0.15, 0.2) is 0 Å². The van der Waals surface area contributed by atoms with E-state index in [9.17, 15) is 13.2 Å². The first-order valence-electron chi connectivity index (χ1n) is 6.68. The number of rotatable bonds is 4. The van der Waals surface area contributed by atoms with Gasteiger partial charge in [-0.3, -0.25) is 4.79 Å². The predicted molar refractivity (Wildman–Crippen MR) is 82.4 cm³/mol. The van der Waals surface area contributed by atoms with Crippen LogP contribution in [-0.2, 0) is 10.0 Å². The SMILES string of the molecule is CS(=O)(=O)N1CCC(Nc2ccc(C(N)=O)cc2N)CC1. The molecule has 0 saturated carbocycles. The Morgan fingerprint density at radius 3 is 2.43 bits per heavy atom. The molecular formula is C13H20N4O3S. The summed E-state index contributed by atoms with van der Waals surface area (Å²) in [5, 5.41) is 3.29. The Morgan fingerprint density at radius 2 is 1.95 bits per heavy atom. The highest BCUT2D eigenvalue weighted by Crippen LogP contribution is 2.24. The van der Waals surface area contributed by atoms with Crippen LogP contribution in [0.15, 0.2) is 18.2 Å². The highest BCUT2D eigenvalue weighted by Gasteiger charge is 2.25. The topological polar surface area (TPSA) is 119 Å². The van der Waals surface area contributed by atoms with E-state index in [0.29, 0.717) is 37.2 Å². The lowest BCUT2D eigenvalue weighted by Gasteiger charge is -2.31. The lowest BCUT2D eigenvalue weighted by atomic mass is 10.1. The minimum atomic E-state index is -3.12. The van der Waals surface area contributed by atoms with Crippen molar-refractivity contribution in [2.75, 3.05) is 30.4 Å². The molecule has 1 fully saturated rings. The molecule has 1 aromatic carbocycles. The number of nitrogen functional groups attached to an aromatic ring is 1. The van der Waals surface area contributed by atoms with Gasteiger partial charge in [0.2, 0.25) is 15.9 Å². The van der Waals surface area contributed by atoms with Gasteiger partial charge in [0.25, 0.3) is 0 Å². The molecule has 0 aromatic heterocycles. The molecule has 1 heterocycles. The molecule has 1 aromatic rings. The lowest BCUT2D eigenvalue weighted by molar-refractivity contribution is 0.100. The molecule has 1 aliphatic heterocycles. The second-order valence-electron chi connectivity index (χ2n) is 5.25. The zero-order valence-electron chi connectivity index (χ0n) is 11.9. The second-order valence-corrected chi connectivity index (χ2v) is 7.23. The van der Waals surface area contributed by atoms with Crippen LogP contribution >= 0.6 is 0 Å². The molecule has 8 heteroatoms. The first-order chi connectivity index (χ1) is 9.77. The quantitative estimate of drug-likeness (QED) is 0.686. The number of nitrogens with two attached hydrogens (primary N) is 2. The van der Waals surface area contributed by atoms with Gasteiger partial charge in [-0.05, 0) is 31.0 Å². The van der Waals surface area contributed by atoms with E-state index in [1.807, 2.05) is 0 Å². The summed E-state index contributed by atoms with van der Waals surface area (Å²) in [6, 6.07) is 5.03. The number of primary amides is 1. The molecule has 2 rings (SSSR count). The first-order valence-corrected chi connectivity index (χ1v) is 8.53. The summed E-state index contributed by atoms with van der Waals surface area (Å²) < 4.78 is 24.4. The van der Waals surface area contributed by atoms with Crippen LogP contribution in [0.5, 0.6) is 0 Å². The highest BCUT2D eigenvalue weighted by molar-refractivity contribution is 7.88. The number of benzene rings is 1. The molecule has 1 saturated heterocycles. The van der Waals surface area contributed by atoms with Crippen LogP contribution in [0.25, 0.3) is 0 Å². The molecule has 21 heavy (non-hydrogen) atoms. The summed E-state index contributed by atoms with van der Waals surface area (Å²) in [6.07, 6.45) is 2.65. The van der Waals surface area contributed by atoms with Crippen LogP contribution in [0.1, 0.15) is 23.2 Å². The van der Waals surface area contributed by atoms with Crippen molar-refractivity contribution in [1.29, 1.82) is 0 Å². The van der Waals surface area contributed by atoms with Crippen molar-refractivity contribution in [1.82, 2.24) is 4.31 Å². The number of hydrogen-bond acceptors (Lipinski definition) is 5. The van der Waals surface area contributed by atoms with E-state index in [1.54, 1.807) is 12.1 Å². The van der Waals surface area contributed by atoms with E-state index in [-0.39, 0.29) is 6.04 Å². The summed E-state index contributed by atoms with van der Waals surface area (Å²) >= 11 is 0. The minimum Gasteiger partial charge on any atom is -0.397 e. The van der Waals surface area contributed by atoms with Gasteiger partial charge < -0.3 is 16.8 Å². The van der Waals surface area contributed by atoms with Gasteiger partial charge in [-0.25, -0.2) is 12.7 Å². The number of carbonyl (C=O) groups excluding carboxylic acids is 1. The summed E-state index contributed by atoms with van der Waals surface area (Å²) in [5.74, 6) is -0.519. The number of hydrogen-bond donors (Lipinski definition) is 3. The van der Waals surface area contributed by atoms with Gasteiger partial charge in [-0.15, -0.1) is 0 Å².